The van der Waals surface area contributed by atoms with E-state index in [2.05, 4.69) is 18.9 Å². The van der Waals surface area contributed by atoms with Gasteiger partial charge in [-0.05, 0) is 54.6 Å². The summed E-state index contributed by atoms with van der Waals surface area (Å²) in [5.41, 5.74) is -0.743. The SMILES string of the molecule is COc1ccc(S(=O)(=O)O/N=C(\C#N)c2cccc(/C(C#N)=N/OS(=O)(=O)c3ccc(OC)cc3)c2)cc1. The first kappa shape index (κ1) is 27.7. The molecule has 3 aromatic carbocycles. The topological polar surface area (TPSA) is 177 Å². The third-order valence-electron chi connectivity index (χ3n) is 4.77. The molecule has 0 aromatic heterocycles. The Labute approximate surface area is 218 Å². The molecule has 0 atom stereocenters. The number of ether oxygens (including phenoxy) is 2. The van der Waals surface area contributed by atoms with Gasteiger partial charge in [-0.1, -0.05) is 28.5 Å². The monoisotopic (exact) mass is 554 g/mol. The first-order valence-electron chi connectivity index (χ1n) is 10.4. The molecule has 0 saturated heterocycles. The normalized spacial score (nSPS) is 12.1. The van der Waals surface area contributed by atoms with Crippen LogP contribution in [0.2, 0.25) is 0 Å². The summed E-state index contributed by atoms with van der Waals surface area (Å²) >= 11 is 0. The first-order chi connectivity index (χ1) is 18.1. The number of benzene rings is 3. The van der Waals surface area contributed by atoms with Gasteiger partial charge in [-0.25, -0.2) is 0 Å². The maximum Gasteiger partial charge on any atom is 0.358 e. The highest BCUT2D eigenvalue weighted by Gasteiger charge is 2.19. The molecule has 38 heavy (non-hydrogen) atoms. The lowest BCUT2D eigenvalue weighted by molar-refractivity contribution is 0.339. The molecule has 0 aliphatic carbocycles. The average Bonchev–Trinajstić information content (AvgIpc) is 2.94. The third kappa shape index (κ3) is 6.64. The van der Waals surface area contributed by atoms with Gasteiger partial charge in [0.25, 0.3) is 0 Å². The molecule has 3 rings (SSSR count). The maximum atomic E-state index is 12.4. The average molecular weight is 555 g/mol. The molecule has 0 amide bonds. The predicted octanol–water partition coefficient (Wildman–Crippen LogP) is 2.97. The Morgan fingerprint density at radius 2 is 1.03 bits per heavy atom. The highest BCUT2D eigenvalue weighted by atomic mass is 32.2. The zero-order valence-corrected chi connectivity index (χ0v) is 21.4. The number of nitriles is 2. The Bertz CT molecular complexity index is 1550. The van der Waals surface area contributed by atoms with E-state index in [9.17, 15) is 27.4 Å². The van der Waals surface area contributed by atoms with Gasteiger partial charge in [0, 0.05) is 11.1 Å². The highest BCUT2D eigenvalue weighted by Crippen LogP contribution is 2.20. The van der Waals surface area contributed by atoms with E-state index in [0.29, 0.717) is 11.5 Å². The summed E-state index contributed by atoms with van der Waals surface area (Å²) in [5.74, 6) is 0.857. The summed E-state index contributed by atoms with van der Waals surface area (Å²) in [5, 5.41) is 25.9. The maximum absolute atomic E-state index is 12.4. The smallest absolute Gasteiger partial charge is 0.358 e. The van der Waals surface area contributed by atoms with E-state index in [1.165, 1.54) is 87.0 Å². The number of rotatable bonds is 10. The summed E-state index contributed by atoms with van der Waals surface area (Å²) in [6, 6.07) is 19.5. The van der Waals surface area contributed by atoms with Crippen LogP contribution in [-0.4, -0.2) is 42.5 Å². The zero-order valence-electron chi connectivity index (χ0n) is 19.8. The van der Waals surface area contributed by atoms with Gasteiger partial charge >= 0.3 is 20.2 Å². The van der Waals surface area contributed by atoms with E-state index in [1.54, 1.807) is 12.1 Å². The Balaban J connectivity index is 1.84. The lowest BCUT2D eigenvalue weighted by atomic mass is 10.0. The van der Waals surface area contributed by atoms with Crippen molar-refractivity contribution in [1.29, 1.82) is 10.5 Å². The molecule has 14 heteroatoms. The van der Waals surface area contributed by atoms with Crippen molar-refractivity contribution in [2.45, 2.75) is 9.79 Å². The largest absolute Gasteiger partial charge is 0.497 e. The second-order valence-corrected chi connectivity index (χ2v) is 10.2. The van der Waals surface area contributed by atoms with Crippen molar-refractivity contribution in [2.24, 2.45) is 10.3 Å². The van der Waals surface area contributed by atoms with Crippen LogP contribution in [0.3, 0.4) is 0 Å². The molecule has 0 fully saturated rings. The van der Waals surface area contributed by atoms with Gasteiger partial charge in [-0.2, -0.15) is 27.4 Å². The summed E-state index contributed by atoms with van der Waals surface area (Å²) in [4.78, 5) is -0.440. The molecule has 0 N–H and O–H groups in total. The molecule has 194 valence electrons. The summed E-state index contributed by atoms with van der Waals surface area (Å²) in [6.07, 6.45) is 0. The van der Waals surface area contributed by atoms with Crippen molar-refractivity contribution in [2.75, 3.05) is 14.2 Å². The van der Waals surface area contributed by atoms with Gasteiger partial charge in [0.05, 0.1) is 14.2 Å². The number of methoxy groups -OCH3 is 2. The van der Waals surface area contributed by atoms with E-state index in [1.807, 2.05) is 0 Å². The van der Waals surface area contributed by atoms with Crippen LogP contribution in [0.5, 0.6) is 11.5 Å². The fourth-order valence-corrected chi connectivity index (χ4v) is 4.29. The molecule has 12 nitrogen and oxygen atoms in total. The van der Waals surface area contributed by atoms with Crippen LogP contribution in [0.4, 0.5) is 0 Å². The lowest BCUT2D eigenvalue weighted by Crippen LogP contribution is -2.08. The standard InChI is InChI=1S/C24H18N4O8S2/c1-33-19-6-10-21(11-7-19)37(29,30)35-27-23(15-25)17-4-3-5-18(14-17)24(16-26)28-36-38(31,32)22-12-8-20(34-2)9-13-22/h3-14H,1-2H3/b27-23+,28-24+. The van der Waals surface area contributed by atoms with Gasteiger partial charge in [-0.15, -0.1) is 0 Å². The number of hydrogen-bond acceptors (Lipinski definition) is 12. The molecule has 3 aromatic rings. The molecule has 0 heterocycles. The van der Waals surface area contributed by atoms with Crippen LogP contribution in [0.1, 0.15) is 11.1 Å². The van der Waals surface area contributed by atoms with Crippen molar-refractivity contribution in [1.82, 2.24) is 0 Å². The van der Waals surface area contributed by atoms with Crippen LogP contribution in [0, 0.1) is 22.7 Å². The van der Waals surface area contributed by atoms with Crippen molar-refractivity contribution in [3.8, 4) is 23.6 Å². The summed E-state index contributed by atoms with van der Waals surface area (Å²) < 4.78 is 69.0. The molecule has 0 saturated carbocycles. The molecule has 0 spiro atoms. The van der Waals surface area contributed by atoms with Crippen LogP contribution < -0.4 is 9.47 Å². The minimum Gasteiger partial charge on any atom is -0.497 e. The Hall–Kier alpha value is -4.92. The van der Waals surface area contributed by atoms with Crippen LogP contribution in [-0.2, 0) is 28.8 Å². The molecule has 0 aliphatic heterocycles. The van der Waals surface area contributed by atoms with Crippen LogP contribution in [0.15, 0.2) is 92.9 Å². The fourth-order valence-electron chi connectivity index (χ4n) is 2.83. The molecule has 0 bridgehead atoms. The van der Waals surface area contributed by atoms with E-state index < -0.39 is 31.7 Å². The highest BCUT2D eigenvalue weighted by molar-refractivity contribution is 7.87. The minimum atomic E-state index is -4.35. The Morgan fingerprint density at radius 3 is 1.34 bits per heavy atom. The third-order valence-corrected chi connectivity index (χ3v) is 7.01. The molecular weight excluding hydrogens is 536 g/mol. The van der Waals surface area contributed by atoms with E-state index in [4.69, 9.17) is 9.47 Å². The first-order valence-corrected chi connectivity index (χ1v) is 13.2. The van der Waals surface area contributed by atoms with Gasteiger partial charge < -0.3 is 9.47 Å². The molecule has 0 radical (unpaired) electrons. The number of oxime groups is 2. The second kappa shape index (κ2) is 11.9. The molecular formula is C24H18N4O8S2. The minimum absolute atomic E-state index is 0.0656. The van der Waals surface area contributed by atoms with Gasteiger partial charge in [0.2, 0.25) is 0 Å². The molecule has 0 unspecified atom stereocenters. The second-order valence-electron chi connectivity index (χ2n) is 7.09. The molecule has 0 aliphatic rings. The summed E-state index contributed by atoms with van der Waals surface area (Å²) in [6.45, 7) is 0. The Morgan fingerprint density at radius 1 is 0.658 bits per heavy atom. The van der Waals surface area contributed by atoms with Crippen molar-refractivity contribution in [3.63, 3.8) is 0 Å². The fraction of sp³-hybridized carbons (Fsp3) is 0.0833. The Kier molecular flexibility index (Phi) is 8.65. The lowest BCUT2D eigenvalue weighted by Gasteiger charge is -2.05. The van der Waals surface area contributed by atoms with Gasteiger partial charge in [0.15, 0.2) is 11.4 Å². The van der Waals surface area contributed by atoms with Crippen molar-refractivity contribution in [3.05, 3.63) is 83.9 Å². The number of hydrogen-bond donors (Lipinski definition) is 0. The van der Waals surface area contributed by atoms with E-state index in [0.717, 1.165) is 0 Å². The van der Waals surface area contributed by atoms with Crippen molar-refractivity contribution < 1.29 is 34.9 Å². The van der Waals surface area contributed by atoms with Gasteiger partial charge in [-0.3, -0.25) is 8.57 Å². The van der Waals surface area contributed by atoms with Crippen molar-refractivity contribution >= 4 is 31.7 Å². The van der Waals surface area contributed by atoms with Crippen LogP contribution >= 0.6 is 0 Å². The van der Waals surface area contributed by atoms with Crippen LogP contribution in [0.25, 0.3) is 0 Å². The zero-order chi connectivity index (χ0) is 27.8. The van der Waals surface area contributed by atoms with E-state index >= 15 is 0 Å². The van der Waals surface area contributed by atoms with E-state index in [-0.39, 0.29) is 20.9 Å². The predicted molar refractivity (Wildman–Crippen MR) is 133 cm³/mol. The quantitative estimate of drug-likeness (QED) is 0.267. The number of nitrogens with zero attached hydrogens (tertiary/aromatic N) is 4. The summed E-state index contributed by atoms with van der Waals surface area (Å²) in [7, 11) is -5.86. The van der Waals surface area contributed by atoms with Gasteiger partial charge in [0.1, 0.15) is 33.4 Å².